The molecule has 0 fully saturated rings. The molecule has 0 aliphatic carbocycles. The molecule has 0 spiro atoms. The lowest BCUT2D eigenvalue weighted by molar-refractivity contribution is -0.138. The Morgan fingerprint density at radius 3 is 2.52 bits per heavy atom. The van der Waals surface area contributed by atoms with Crippen LogP contribution in [0.25, 0.3) is 11.8 Å². The van der Waals surface area contributed by atoms with Gasteiger partial charge in [0.05, 0.1) is 40.6 Å². The molecule has 7 nitrogen and oxygen atoms in total. The molecule has 0 unspecified atom stereocenters. The van der Waals surface area contributed by atoms with Crippen molar-refractivity contribution in [3.63, 3.8) is 0 Å². The summed E-state index contributed by atoms with van der Waals surface area (Å²) in [6.07, 6.45) is 3.32. The first-order valence-electron chi connectivity index (χ1n) is 13.0. The van der Waals surface area contributed by atoms with Gasteiger partial charge in [-0.3, -0.25) is 9.36 Å². The highest BCUT2D eigenvalue weighted by atomic mass is 35.5. The molecule has 0 radical (unpaired) electrons. The van der Waals surface area contributed by atoms with Gasteiger partial charge in [-0.05, 0) is 48.4 Å². The van der Waals surface area contributed by atoms with E-state index in [4.69, 9.17) is 42.4 Å². The predicted molar refractivity (Wildman–Crippen MR) is 166 cm³/mol. The number of halogens is 2. The van der Waals surface area contributed by atoms with Crippen LogP contribution in [0.5, 0.6) is 11.5 Å². The van der Waals surface area contributed by atoms with Crippen molar-refractivity contribution in [1.29, 1.82) is 0 Å². The topological polar surface area (TPSA) is 79.1 Å². The van der Waals surface area contributed by atoms with Crippen molar-refractivity contribution in [1.82, 2.24) is 4.57 Å². The number of carbonyl (C=O) groups is 1. The van der Waals surface area contributed by atoms with Crippen molar-refractivity contribution in [3.8, 4) is 11.5 Å². The molecule has 2 heterocycles. The lowest BCUT2D eigenvalue weighted by Gasteiger charge is -2.25. The number of fused-ring (bicyclic) bond motifs is 1. The van der Waals surface area contributed by atoms with Crippen LogP contribution in [0.3, 0.4) is 0 Å². The Labute approximate surface area is 256 Å². The van der Waals surface area contributed by atoms with E-state index in [1.165, 1.54) is 23.0 Å². The minimum absolute atomic E-state index is 0.164. The maximum Gasteiger partial charge on any atom is 0.338 e. The summed E-state index contributed by atoms with van der Waals surface area (Å²) < 4.78 is 18.6. The Hall–Kier alpha value is -4.11. The number of ether oxygens (including phenoxy) is 3. The van der Waals surface area contributed by atoms with Gasteiger partial charge < -0.3 is 14.2 Å². The van der Waals surface area contributed by atoms with E-state index in [0.29, 0.717) is 47.7 Å². The zero-order chi connectivity index (χ0) is 29.8. The van der Waals surface area contributed by atoms with E-state index in [0.717, 1.165) is 5.56 Å². The second-order valence-corrected chi connectivity index (χ2v) is 11.0. The minimum atomic E-state index is -0.803. The Morgan fingerprint density at radius 1 is 1.12 bits per heavy atom. The summed E-state index contributed by atoms with van der Waals surface area (Å²) in [6, 6.07) is 19.0. The van der Waals surface area contributed by atoms with Crippen LogP contribution < -0.4 is 24.4 Å². The van der Waals surface area contributed by atoms with E-state index in [1.54, 1.807) is 55.5 Å². The molecule has 0 saturated heterocycles. The average molecular weight is 622 g/mol. The van der Waals surface area contributed by atoms with Gasteiger partial charge in [-0.25, -0.2) is 9.79 Å². The highest BCUT2D eigenvalue weighted by molar-refractivity contribution is 7.07. The van der Waals surface area contributed by atoms with E-state index >= 15 is 0 Å². The number of hydrogen-bond acceptors (Lipinski definition) is 7. The number of benzene rings is 3. The Morgan fingerprint density at radius 2 is 1.86 bits per heavy atom. The normalized spacial score (nSPS) is 14.7. The minimum Gasteiger partial charge on any atom is -0.493 e. The molecule has 1 aromatic heterocycles. The van der Waals surface area contributed by atoms with Gasteiger partial charge in [-0.1, -0.05) is 89.7 Å². The molecular weight excluding hydrogens is 595 g/mol. The number of hydrogen-bond donors (Lipinski definition) is 0. The van der Waals surface area contributed by atoms with Crippen LogP contribution in [-0.4, -0.2) is 30.9 Å². The van der Waals surface area contributed by atoms with Gasteiger partial charge in [0.1, 0.15) is 6.61 Å². The lowest BCUT2D eigenvalue weighted by atomic mass is 9.93. The van der Waals surface area contributed by atoms with Crippen LogP contribution in [0.1, 0.15) is 29.7 Å². The summed E-state index contributed by atoms with van der Waals surface area (Å²) in [4.78, 5) is 32.9. The van der Waals surface area contributed by atoms with Crippen LogP contribution >= 0.6 is 34.5 Å². The van der Waals surface area contributed by atoms with Crippen LogP contribution in [-0.2, 0) is 9.53 Å². The molecule has 4 aromatic rings. The maximum atomic E-state index is 14.1. The monoisotopic (exact) mass is 620 g/mol. The number of aromatic nitrogens is 1. The second kappa shape index (κ2) is 12.8. The average Bonchev–Trinajstić information content (AvgIpc) is 3.30. The molecule has 3 aromatic carbocycles. The Kier molecular flexibility index (Phi) is 8.97. The van der Waals surface area contributed by atoms with Crippen molar-refractivity contribution in [2.24, 2.45) is 4.99 Å². The van der Waals surface area contributed by atoms with Gasteiger partial charge in [0, 0.05) is 10.6 Å². The quantitative estimate of drug-likeness (QED) is 0.174. The number of carbonyl (C=O) groups excluding carboxylic acids is 1. The number of rotatable bonds is 9. The molecule has 0 saturated carbocycles. The standard InChI is InChI=1S/C32H26Cl2N2O5S/c1-4-15-41-29-23(34)16-19(17-24(29)39-3)18-25-30(37)36-28(21-11-13-22(33)14-12-21)26(31(38)40-5-2)27(35-32(36)42-25)20-9-7-6-8-10-20/h4,6-14,16-18,28H,1,5,15H2,2-3H3/b25-18-/t28-/m1/s1. The van der Waals surface area contributed by atoms with Gasteiger partial charge in [0.25, 0.3) is 5.56 Å². The van der Waals surface area contributed by atoms with Crippen molar-refractivity contribution in [2.75, 3.05) is 20.3 Å². The van der Waals surface area contributed by atoms with Gasteiger partial charge in [0.15, 0.2) is 16.3 Å². The van der Waals surface area contributed by atoms with Crippen LogP contribution in [0.15, 0.2) is 94.7 Å². The van der Waals surface area contributed by atoms with Crippen LogP contribution in [0, 0.1) is 0 Å². The zero-order valence-corrected chi connectivity index (χ0v) is 25.1. The lowest BCUT2D eigenvalue weighted by Crippen LogP contribution is -2.40. The molecule has 0 bridgehead atoms. The third kappa shape index (κ3) is 5.79. The summed E-state index contributed by atoms with van der Waals surface area (Å²) in [6.45, 7) is 5.82. The fraction of sp³-hybridized carbons (Fsp3) is 0.156. The zero-order valence-electron chi connectivity index (χ0n) is 22.8. The summed E-state index contributed by atoms with van der Waals surface area (Å²) in [5.74, 6) is 0.242. The fourth-order valence-electron chi connectivity index (χ4n) is 4.66. The van der Waals surface area contributed by atoms with Crippen molar-refractivity contribution >= 4 is 52.3 Å². The number of thiazole rings is 1. The SMILES string of the molecule is C=CCOc1c(Cl)cc(/C=c2\sc3n(c2=O)[C@H](c2ccc(Cl)cc2)C(C(=O)OCC)=C(c2ccccc2)N=3)cc1OC. The van der Waals surface area contributed by atoms with Crippen LogP contribution in [0.2, 0.25) is 10.0 Å². The molecule has 0 N–H and O–H groups in total. The largest absolute Gasteiger partial charge is 0.493 e. The molecule has 1 aliphatic heterocycles. The summed E-state index contributed by atoms with van der Waals surface area (Å²) in [7, 11) is 1.51. The Balaban J connectivity index is 1.77. The van der Waals surface area contributed by atoms with Gasteiger partial charge in [-0.15, -0.1) is 0 Å². The molecular formula is C32H26Cl2N2O5S. The summed E-state index contributed by atoms with van der Waals surface area (Å²) >= 11 is 13.9. The number of methoxy groups -OCH3 is 1. The number of nitrogens with zero attached hydrogens (tertiary/aromatic N) is 2. The molecule has 42 heavy (non-hydrogen) atoms. The first kappa shape index (κ1) is 29.4. The van der Waals surface area contributed by atoms with Gasteiger partial charge in [0.2, 0.25) is 0 Å². The highest BCUT2D eigenvalue weighted by Gasteiger charge is 2.35. The van der Waals surface area contributed by atoms with Crippen molar-refractivity contribution in [3.05, 3.63) is 131 Å². The van der Waals surface area contributed by atoms with Gasteiger partial charge >= 0.3 is 5.97 Å². The highest BCUT2D eigenvalue weighted by Crippen LogP contribution is 2.37. The first-order chi connectivity index (χ1) is 20.4. The molecule has 5 rings (SSSR count). The first-order valence-corrected chi connectivity index (χ1v) is 14.6. The molecule has 214 valence electrons. The summed E-state index contributed by atoms with van der Waals surface area (Å²) in [5, 5.41) is 0.854. The molecule has 1 aliphatic rings. The number of esters is 1. The Bertz CT molecular complexity index is 1860. The predicted octanol–water partition coefficient (Wildman–Crippen LogP) is 5.82. The third-order valence-electron chi connectivity index (χ3n) is 6.45. The van der Waals surface area contributed by atoms with Crippen molar-refractivity contribution < 1.29 is 19.0 Å². The van der Waals surface area contributed by atoms with E-state index in [-0.39, 0.29) is 24.3 Å². The smallest absolute Gasteiger partial charge is 0.338 e. The van der Waals surface area contributed by atoms with E-state index < -0.39 is 12.0 Å². The third-order valence-corrected chi connectivity index (χ3v) is 7.97. The van der Waals surface area contributed by atoms with Gasteiger partial charge in [-0.2, -0.15) is 0 Å². The molecule has 0 amide bonds. The summed E-state index contributed by atoms with van der Waals surface area (Å²) in [5.41, 5.74) is 2.42. The van der Waals surface area contributed by atoms with E-state index in [2.05, 4.69) is 6.58 Å². The molecule has 1 atom stereocenters. The van der Waals surface area contributed by atoms with Crippen LogP contribution in [0.4, 0.5) is 0 Å². The van der Waals surface area contributed by atoms with Crippen molar-refractivity contribution in [2.45, 2.75) is 13.0 Å². The molecule has 10 heteroatoms. The maximum absolute atomic E-state index is 14.1. The van der Waals surface area contributed by atoms with E-state index in [1.807, 2.05) is 30.3 Å². The van der Waals surface area contributed by atoms with E-state index in [9.17, 15) is 9.59 Å². The fourth-order valence-corrected chi connectivity index (χ4v) is 6.06. The second-order valence-electron chi connectivity index (χ2n) is 9.12.